The van der Waals surface area contributed by atoms with E-state index in [0.29, 0.717) is 55.8 Å². The van der Waals surface area contributed by atoms with Crippen LogP contribution in [0.2, 0.25) is 0 Å². The lowest BCUT2D eigenvalue weighted by molar-refractivity contribution is -0.302. The molecule has 4 aliphatic heterocycles. The molecule has 434 valence electrons. The highest BCUT2D eigenvalue weighted by Gasteiger charge is 2.55. The number of anilines is 1. The molecular formula is C54H91FN6O14S. The zero-order valence-corrected chi connectivity index (χ0v) is 48.2. The maximum Gasteiger partial charge on any atom is 0.309 e. The summed E-state index contributed by atoms with van der Waals surface area (Å²) < 4.78 is 80.8. The minimum Gasteiger partial charge on any atom is -0.459 e. The molecular weight excluding hydrogens is 1010 g/mol. The number of nitrogens with zero attached hydrogens (tertiary/aromatic N) is 6. The summed E-state index contributed by atoms with van der Waals surface area (Å²) in [6.07, 6.45) is -6.09. The van der Waals surface area contributed by atoms with Gasteiger partial charge in [0, 0.05) is 70.9 Å². The number of alkyl halides is 1. The minimum atomic E-state index is -3.37. The zero-order chi connectivity index (χ0) is 56.4. The topological polar surface area (TPSA) is 248 Å². The lowest BCUT2D eigenvalue weighted by Crippen LogP contribution is -2.62. The van der Waals surface area contributed by atoms with Crippen LogP contribution >= 0.6 is 0 Å². The van der Waals surface area contributed by atoms with Crippen LogP contribution in [0, 0.1) is 23.7 Å². The van der Waals surface area contributed by atoms with Crippen LogP contribution in [-0.4, -0.2) is 209 Å². The number of rotatable bonds is 15. The third-order valence-corrected chi connectivity index (χ3v) is 19.3. The largest absolute Gasteiger partial charge is 0.459 e. The van der Waals surface area contributed by atoms with Crippen LogP contribution < -0.4 is 4.31 Å². The Morgan fingerprint density at radius 2 is 1.66 bits per heavy atom. The Morgan fingerprint density at radius 1 is 0.987 bits per heavy atom. The van der Waals surface area contributed by atoms with Crippen LogP contribution in [-0.2, 0) is 49.7 Å². The van der Waals surface area contributed by atoms with Gasteiger partial charge in [-0.25, -0.2) is 17.5 Å². The fourth-order valence-electron chi connectivity index (χ4n) is 12.8. The average Bonchev–Trinajstić information content (AvgIpc) is 3.99. The lowest BCUT2D eigenvalue weighted by Gasteiger charge is -2.51. The molecule has 6 rings (SSSR count). The molecule has 76 heavy (non-hydrogen) atoms. The molecule has 0 spiro atoms. The van der Waals surface area contributed by atoms with Gasteiger partial charge in [-0.3, -0.25) is 9.10 Å². The quantitative estimate of drug-likeness (QED) is 0.159. The first kappa shape index (κ1) is 62.2. The SMILES string of the molecule is CC[C@H]1OC(=O)[C@H](C)[C@@H](C2C[C@@](C)(OC)[C@@H](O)[C@H](C)O2)[C@H](C)[C@@H](O[C@@H]2O[C@H](C)C[C@H](N(C)CCc3cn([C@H](CF)[C@H](OC)c4ccc(N5CCCS5(=O)=O)cc4)nn3)[C@H]2O)[C@](C)(O)C[C@@H](C)CN(C)[C@H](C)[C@@H](O)[C@]1(C)O. The molecule has 20 nitrogen and oxygen atoms in total. The molecule has 5 N–H and O–H groups in total. The van der Waals surface area contributed by atoms with Crippen LogP contribution in [0.4, 0.5) is 10.1 Å². The third-order valence-electron chi connectivity index (χ3n) is 17.5. The van der Waals surface area contributed by atoms with Crippen LogP contribution in [0.1, 0.15) is 125 Å². The number of esters is 1. The average molecular weight is 1100 g/mol. The number of carbonyl (C=O) groups is 1. The van der Waals surface area contributed by atoms with Crippen molar-refractivity contribution < 1.29 is 71.6 Å². The molecule has 0 saturated carbocycles. The van der Waals surface area contributed by atoms with Crippen LogP contribution in [0.25, 0.3) is 0 Å². The monoisotopic (exact) mass is 1100 g/mol. The summed E-state index contributed by atoms with van der Waals surface area (Å²) in [4.78, 5) is 18.6. The number of carbonyl (C=O) groups excluding carboxylic acids is 1. The number of likely N-dealkylation sites (N-methyl/N-ethyl adjacent to an activating group) is 2. The van der Waals surface area contributed by atoms with Crippen molar-refractivity contribution in [2.75, 3.05) is 64.7 Å². The van der Waals surface area contributed by atoms with Gasteiger partial charge in [-0.15, -0.1) is 5.10 Å². The summed E-state index contributed by atoms with van der Waals surface area (Å²) >= 11 is 0. The summed E-state index contributed by atoms with van der Waals surface area (Å²) in [5, 5.41) is 68.9. The van der Waals surface area contributed by atoms with Gasteiger partial charge < -0.3 is 63.8 Å². The predicted molar refractivity (Wildman–Crippen MR) is 282 cm³/mol. The first-order chi connectivity index (χ1) is 35.5. The summed E-state index contributed by atoms with van der Waals surface area (Å²) in [6.45, 7) is 18.1. The van der Waals surface area contributed by atoms with Gasteiger partial charge in [0.1, 0.15) is 48.8 Å². The Kier molecular flexibility index (Phi) is 20.7. The maximum absolute atomic E-state index is 14.9. The van der Waals surface area contributed by atoms with Crippen molar-refractivity contribution in [2.24, 2.45) is 23.7 Å². The van der Waals surface area contributed by atoms with Crippen LogP contribution in [0.3, 0.4) is 0 Å². The van der Waals surface area contributed by atoms with Crippen molar-refractivity contribution >= 4 is 21.7 Å². The van der Waals surface area contributed by atoms with Crippen molar-refractivity contribution in [2.45, 2.75) is 204 Å². The number of aromatic nitrogens is 3. The van der Waals surface area contributed by atoms with E-state index < -0.39 is 137 Å². The fraction of sp³-hybridized carbons (Fsp3) is 0.833. The molecule has 5 heterocycles. The molecule has 1 aromatic carbocycles. The van der Waals surface area contributed by atoms with Crippen molar-refractivity contribution in [1.82, 2.24) is 24.8 Å². The second-order valence-corrected chi connectivity index (χ2v) is 25.4. The Labute approximate surface area is 450 Å². The lowest BCUT2D eigenvalue weighted by atomic mass is 9.68. The second-order valence-electron chi connectivity index (χ2n) is 23.4. The molecule has 1 unspecified atom stereocenters. The number of sulfonamides is 1. The highest BCUT2D eigenvalue weighted by molar-refractivity contribution is 7.93. The molecule has 1 aromatic heterocycles. The van der Waals surface area contributed by atoms with Gasteiger partial charge in [-0.2, -0.15) is 0 Å². The summed E-state index contributed by atoms with van der Waals surface area (Å²) in [5.41, 5.74) is -2.80. The van der Waals surface area contributed by atoms with Crippen LogP contribution in [0.15, 0.2) is 30.5 Å². The summed E-state index contributed by atoms with van der Waals surface area (Å²) in [7, 11) is 3.33. The Hall–Kier alpha value is -2.97. The number of methoxy groups -OCH3 is 2. The predicted octanol–water partition coefficient (Wildman–Crippen LogP) is 3.82. The fourth-order valence-corrected chi connectivity index (χ4v) is 14.4. The first-order valence-electron chi connectivity index (χ1n) is 27.3. The molecule has 0 aliphatic carbocycles. The van der Waals surface area contributed by atoms with E-state index in [1.807, 2.05) is 44.7 Å². The van der Waals surface area contributed by atoms with E-state index >= 15 is 0 Å². The number of halogens is 1. The number of aliphatic hydroxyl groups is 5. The van der Waals surface area contributed by atoms with Gasteiger partial charge >= 0.3 is 5.97 Å². The van der Waals surface area contributed by atoms with Gasteiger partial charge in [0.25, 0.3) is 0 Å². The van der Waals surface area contributed by atoms with Crippen LogP contribution in [0.5, 0.6) is 0 Å². The van der Waals surface area contributed by atoms with Crippen molar-refractivity contribution in [1.29, 1.82) is 0 Å². The standard InChI is InChI=1S/C54H91FN6O14S/c1-15-43-54(10,67)47(63)35(6)59(12)29-31(2)26-52(8,66)49(33(4)44(34(5)50(65)74-43)42-27-53(9,71-14)48(64)36(7)73-42)75-51-45(62)40(25-32(3)72-51)58(11)23-21-38-30-60(57-56-38)41(28-55)46(70-13)37-17-19-39(20-18-37)61-22-16-24-76(61,68)69/h17-20,30-36,40-49,51,62-64,66-67H,15-16,21-29H2,1-14H3/t31-,32-,33+,34-,35-,36+,40+,41-,42?,43-,44+,45-,46-,47-,48+,49-,51+,52-,53-,54-/m1/s1. The van der Waals surface area contributed by atoms with E-state index in [0.717, 1.165) is 0 Å². The number of aliphatic hydroxyl groups excluding tert-OH is 3. The number of benzene rings is 1. The molecule has 2 aromatic rings. The highest BCUT2D eigenvalue weighted by Crippen LogP contribution is 2.45. The van der Waals surface area contributed by atoms with Crippen molar-refractivity contribution in [3.05, 3.63) is 41.7 Å². The number of ether oxygens (including phenoxy) is 6. The van der Waals surface area contributed by atoms with E-state index in [9.17, 15) is 43.1 Å². The Bertz CT molecular complexity index is 2300. The molecule has 0 amide bonds. The Morgan fingerprint density at radius 3 is 2.25 bits per heavy atom. The molecule has 20 atom stereocenters. The first-order valence-corrected chi connectivity index (χ1v) is 28.9. The highest BCUT2D eigenvalue weighted by atomic mass is 32.2. The van der Waals surface area contributed by atoms with Gasteiger partial charge in [0.15, 0.2) is 6.29 Å². The third kappa shape index (κ3) is 13.4. The van der Waals surface area contributed by atoms with E-state index in [-0.39, 0.29) is 30.9 Å². The smallest absolute Gasteiger partial charge is 0.309 e. The van der Waals surface area contributed by atoms with Gasteiger partial charge in [-0.05, 0) is 111 Å². The van der Waals surface area contributed by atoms with Gasteiger partial charge in [0.2, 0.25) is 10.0 Å². The minimum absolute atomic E-state index is 0.0958. The number of hydrogen-bond acceptors (Lipinski definition) is 18. The number of hydrogen-bond donors (Lipinski definition) is 5. The van der Waals surface area contributed by atoms with Crippen molar-refractivity contribution in [3.8, 4) is 0 Å². The van der Waals surface area contributed by atoms with E-state index in [2.05, 4.69) is 10.3 Å². The van der Waals surface area contributed by atoms with E-state index in [4.69, 9.17) is 28.4 Å². The normalized spacial score (nSPS) is 40.3. The maximum atomic E-state index is 14.9. The summed E-state index contributed by atoms with van der Waals surface area (Å²) in [6, 6.07) is 4.91. The van der Waals surface area contributed by atoms with E-state index in [1.54, 1.807) is 72.0 Å². The van der Waals surface area contributed by atoms with Crippen molar-refractivity contribution in [3.63, 3.8) is 0 Å². The Balaban J connectivity index is 1.26. The molecule has 4 aliphatic rings. The van der Waals surface area contributed by atoms with Gasteiger partial charge in [-0.1, -0.05) is 45.0 Å². The number of cyclic esters (lactones) is 1. The second kappa shape index (κ2) is 25.2. The van der Waals surface area contributed by atoms with Gasteiger partial charge in [0.05, 0.1) is 58.7 Å². The molecule has 4 saturated heterocycles. The molecule has 0 radical (unpaired) electrons. The molecule has 4 fully saturated rings. The zero-order valence-electron chi connectivity index (χ0n) is 47.4. The summed E-state index contributed by atoms with van der Waals surface area (Å²) in [5.74, 6) is -3.23. The van der Waals surface area contributed by atoms with E-state index in [1.165, 1.54) is 30.1 Å². The molecule has 0 bridgehead atoms. The molecule has 22 heteroatoms.